The number of hydrogen-bond donors (Lipinski definition) is 0. The fourth-order valence-electron chi connectivity index (χ4n) is 2.78. The summed E-state index contributed by atoms with van der Waals surface area (Å²) >= 11 is 0. The molecule has 0 spiro atoms. The lowest BCUT2D eigenvalue weighted by Crippen LogP contribution is -1.82. The first-order valence-electron chi connectivity index (χ1n) is 9.06. The highest BCUT2D eigenvalue weighted by atomic mass is 19.1. The van der Waals surface area contributed by atoms with Crippen molar-refractivity contribution in [2.45, 2.75) is 0 Å². The van der Waals surface area contributed by atoms with Gasteiger partial charge in [-0.2, -0.15) is 0 Å². The molecule has 0 bridgehead atoms. The van der Waals surface area contributed by atoms with Crippen molar-refractivity contribution in [1.82, 2.24) is 0 Å². The Morgan fingerprint density at radius 2 is 0.933 bits per heavy atom. The van der Waals surface area contributed by atoms with Crippen molar-refractivity contribution in [3.63, 3.8) is 0 Å². The second-order valence-corrected chi connectivity index (χ2v) is 6.30. The summed E-state index contributed by atoms with van der Waals surface area (Å²) in [6, 6.07) is 27.0. The molecule has 4 rings (SSSR count). The standard InChI is InChI=1S/2C13H8FN/c1-15-13-8-4-11(5-9-13)10-2-6-12(14)7-3-10;1-15-11-8-6-10(7-9-11)12-4-2-3-5-13(12)14/h2*2-9H. The van der Waals surface area contributed by atoms with E-state index in [1.54, 1.807) is 66.7 Å². The zero-order chi connectivity index (χ0) is 21.3. The zero-order valence-electron chi connectivity index (χ0n) is 15.9. The fraction of sp³-hybridized carbons (Fsp3) is 0. The van der Waals surface area contributed by atoms with Crippen LogP contribution in [-0.4, -0.2) is 0 Å². The van der Waals surface area contributed by atoms with Crippen LogP contribution in [0.4, 0.5) is 20.2 Å². The van der Waals surface area contributed by atoms with Crippen LogP contribution in [0.5, 0.6) is 0 Å². The third-order valence-electron chi connectivity index (χ3n) is 4.36. The summed E-state index contributed by atoms with van der Waals surface area (Å²) in [6.07, 6.45) is 0. The zero-order valence-corrected chi connectivity index (χ0v) is 15.9. The lowest BCUT2D eigenvalue weighted by atomic mass is 10.1. The molecule has 4 aromatic carbocycles. The Labute approximate surface area is 174 Å². The Morgan fingerprint density at radius 3 is 1.40 bits per heavy atom. The summed E-state index contributed by atoms with van der Waals surface area (Å²) in [6.45, 7) is 13.6. The number of hydrogen-bond acceptors (Lipinski definition) is 0. The summed E-state index contributed by atoms with van der Waals surface area (Å²) in [4.78, 5) is 6.59. The van der Waals surface area contributed by atoms with E-state index in [0.29, 0.717) is 16.9 Å². The fourth-order valence-corrected chi connectivity index (χ4v) is 2.78. The highest BCUT2D eigenvalue weighted by Gasteiger charge is 2.03. The first-order chi connectivity index (χ1) is 14.6. The molecule has 0 N–H and O–H groups in total. The van der Waals surface area contributed by atoms with Gasteiger partial charge < -0.3 is 0 Å². The van der Waals surface area contributed by atoms with Crippen LogP contribution in [0.15, 0.2) is 97.1 Å². The van der Waals surface area contributed by atoms with Crippen molar-refractivity contribution in [3.05, 3.63) is 132 Å². The monoisotopic (exact) mass is 394 g/mol. The lowest BCUT2D eigenvalue weighted by Gasteiger charge is -2.02. The molecule has 0 aliphatic heterocycles. The second-order valence-electron chi connectivity index (χ2n) is 6.30. The highest BCUT2D eigenvalue weighted by Crippen LogP contribution is 2.25. The lowest BCUT2D eigenvalue weighted by molar-refractivity contribution is 0.628. The van der Waals surface area contributed by atoms with Crippen LogP contribution in [0, 0.1) is 24.8 Å². The van der Waals surface area contributed by atoms with Crippen LogP contribution in [0.2, 0.25) is 0 Å². The highest BCUT2D eigenvalue weighted by molar-refractivity contribution is 5.67. The van der Waals surface area contributed by atoms with Crippen molar-refractivity contribution >= 4 is 11.4 Å². The maximum absolute atomic E-state index is 13.4. The van der Waals surface area contributed by atoms with E-state index in [9.17, 15) is 8.78 Å². The SMILES string of the molecule is [C-]#[N+]c1ccc(-c2ccc(F)cc2)cc1.[C-]#[N+]c1ccc(-c2ccccc2F)cc1. The van der Waals surface area contributed by atoms with E-state index in [4.69, 9.17) is 13.1 Å². The van der Waals surface area contributed by atoms with Gasteiger partial charge in [0.05, 0.1) is 13.1 Å². The molecule has 144 valence electrons. The minimum atomic E-state index is -0.243. The predicted molar refractivity (Wildman–Crippen MR) is 116 cm³/mol. The average molecular weight is 394 g/mol. The molecule has 0 saturated heterocycles. The van der Waals surface area contributed by atoms with Crippen molar-refractivity contribution in [2.24, 2.45) is 0 Å². The topological polar surface area (TPSA) is 8.72 Å². The van der Waals surface area contributed by atoms with Crippen molar-refractivity contribution in [2.75, 3.05) is 0 Å². The Kier molecular flexibility index (Phi) is 6.66. The molecule has 4 aromatic rings. The number of halogens is 2. The van der Waals surface area contributed by atoms with Gasteiger partial charge in [-0.25, -0.2) is 18.5 Å². The second kappa shape index (κ2) is 9.78. The molecule has 0 heterocycles. The summed E-state index contributed by atoms with van der Waals surface area (Å²) in [5, 5.41) is 0. The first kappa shape index (κ1) is 20.5. The number of rotatable bonds is 2. The molecule has 2 nitrogen and oxygen atoms in total. The van der Waals surface area contributed by atoms with Crippen LogP contribution >= 0.6 is 0 Å². The van der Waals surface area contributed by atoms with Gasteiger partial charge in [-0.1, -0.05) is 78.9 Å². The third kappa shape index (κ3) is 5.16. The molecular weight excluding hydrogens is 378 g/mol. The molecule has 0 aliphatic rings. The molecular formula is C26H16F2N2. The van der Waals surface area contributed by atoms with Gasteiger partial charge in [-0.15, -0.1) is 0 Å². The first-order valence-corrected chi connectivity index (χ1v) is 9.06. The van der Waals surface area contributed by atoms with Gasteiger partial charge in [-0.05, 0) is 34.9 Å². The van der Waals surface area contributed by atoms with E-state index in [1.165, 1.54) is 18.2 Å². The summed E-state index contributed by atoms with van der Waals surface area (Å²) in [5.41, 5.74) is 4.47. The van der Waals surface area contributed by atoms with Gasteiger partial charge >= 0.3 is 0 Å². The van der Waals surface area contributed by atoms with Gasteiger partial charge in [0, 0.05) is 5.56 Å². The summed E-state index contributed by atoms with van der Waals surface area (Å²) in [7, 11) is 0. The summed E-state index contributed by atoms with van der Waals surface area (Å²) in [5.74, 6) is -0.482. The molecule has 0 saturated carbocycles. The molecule has 0 amide bonds. The van der Waals surface area contributed by atoms with Crippen LogP contribution in [0.25, 0.3) is 31.9 Å². The van der Waals surface area contributed by atoms with Gasteiger partial charge in [-0.3, -0.25) is 0 Å². The predicted octanol–water partition coefficient (Wildman–Crippen LogP) is 8.09. The molecule has 0 radical (unpaired) electrons. The van der Waals surface area contributed by atoms with E-state index in [1.807, 2.05) is 12.1 Å². The molecule has 0 aromatic heterocycles. The van der Waals surface area contributed by atoms with Gasteiger partial charge in [0.2, 0.25) is 0 Å². The maximum atomic E-state index is 13.4. The third-order valence-corrected chi connectivity index (χ3v) is 4.36. The Hall–Kier alpha value is -4.28. The molecule has 0 fully saturated rings. The van der Waals surface area contributed by atoms with Gasteiger partial charge in [0.25, 0.3) is 0 Å². The smallest absolute Gasteiger partial charge is 0.187 e. The quantitative estimate of drug-likeness (QED) is 0.304. The van der Waals surface area contributed by atoms with Crippen LogP contribution in [0.3, 0.4) is 0 Å². The van der Waals surface area contributed by atoms with E-state index >= 15 is 0 Å². The normalized spacial score (nSPS) is 9.60. The number of benzene rings is 4. The molecule has 4 heteroatoms. The molecule has 0 aliphatic carbocycles. The largest absolute Gasteiger partial charge is 0.238 e. The van der Waals surface area contributed by atoms with Crippen molar-refractivity contribution in [3.8, 4) is 22.3 Å². The average Bonchev–Trinajstić information content (AvgIpc) is 2.81. The van der Waals surface area contributed by atoms with E-state index in [-0.39, 0.29) is 11.6 Å². The van der Waals surface area contributed by atoms with E-state index in [2.05, 4.69) is 9.69 Å². The Bertz CT molecular complexity index is 1200. The molecule has 0 atom stereocenters. The Balaban J connectivity index is 0.000000171. The van der Waals surface area contributed by atoms with Crippen LogP contribution < -0.4 is 0 Å². The minimum absolute atomic E-state index is 0.239. The number of nitrogens with zero attached hydrogens (tertiary/aromatic N) is 2. The van der Waals surface area contributed by atoms with Gasteiger partial charge in [0.1, 0.15) is 11.6 Å². The molecule has 0 unspecified atom stereocenters. The van der Waals surface area contributed by atoms with Crippen molar-refractivity contribution < 1.29 is 8.78 Å². The van der Waals surface area contributed by atoms with Gasteiger partial charge in [0.15, 0.2) is 11.4 Å². The summed E-state index contributed by atoms with van der Waals surface area (Å²) < 4.78 is 26.1. The van der Waals surface area contributed by atoms with Crippen molar-refractivity contribution in [1.29, 1.82) is 0 Å². The minimum Gasteiger partial charge on any atom is -0.238 e. The maximum Gasteiger partial charge on any atom is 0.187 e. The van der Waals surface area contributed by atoms with E-state index in [0.717, 1.165) is 16.7 Å². The van der Waals surface area contributed by atoms with Crippen LogP contribution in [-0.2, 0) is 0 Å². The van der Waals surface area contributed by atoms with Crippen LogP contribution in [0.1, 0.15) is 0 Å². The Morgan fingerprint density at radius 1 is 0.500 bits per heavy atom. The molecule has 30 heavy (non-hydrogen) atoms. The van der Waals surface area contributed by atoms with E-state index < -0.39 is 0 Å².